The van der Waals surface area contributed by atoms with Crippen molar-refractivity contribution in [1.29, 1.82) is 10.5 Å². The number of para-hydroxylation sites is 2. The first-order valence-corrected chi connectivity index (χ1v) is 40.2. The minimum atomic E-state index is -1.54. The van der Waals surface area contributed by atoms with Crippen molar-refractivity contribution in [2.75, 3.05) is 79.8 Å². The molecule has 1 spiro atoms. The summed E-state index contributed by atoms with van der Waals surface area (Å²) in [5.41, 5.74) is 15.9. The van der Waals surface area contributed by atoms with Crippen LogP contribution in [-0.4, -0.2) is 198 Å². The zero-order valence-corrected chi connectivity index (χ0v) is 66.4. The van der Waals surface area contributed by atoms with Crippen LogP contribution in [0.5, 0.6) is 57.5 Å². The second-order valence-corrected chi connectivity index (χ2v) is 33.3. The maximum Gasteiger partial charge on any atom is 0.375 e. The predicted molar refractivity (Wildman–Crippen MR) is 415 cm³/mol. The molecule has 0 aliphatic carbocycles. The number of nitrogens with one attached hydrogen (secondary N) is 1. The van der Waals surface area contributed by atoms with E-state index in [-0.39, 0.29) is 81.1 Å². The van der Waals surface area contributed by atoms with Crippen molar-refractivity contribution in [3.8, 4) is 69.6 Å². The lowest BCUT2D eigenvalue weighted by Gasteiger charge is -2.62. The first-order chi connectivity index (χ1) is 55.4. The molecule has 8 bridgehead atoms. The van der Waals surface area contributed by atoms with E-state index < -0.39 is 100 Å². The minimum Gasteiger partial charge on any atom is -0.504 e. The number of aliphatic hydroxyl groups is 2. The maximum absolute atomic E-state index is 15.0. The number of ketones is 1. The van der Waals surface area contributed by atoms with Crippen molar-refractivity contribution in [3.05, 3.63) is 151 Å². The number of piperazine rings is 2. The lowest BCUT2D eigenvalue weighted by Crippen LogP contribution is -2.69. The molecular formula is C84H86N8O21S2. The Balaban J connectivity index is 0.000000145. The number of aliphatic hydroxyl groups excluding tert-OH is 2. The minimum absolute atomic E-state index is 0.000489. The van der Waals surface area contributed by atoms with E-state index in [0.717, 1.165) is 49.7 Å². The number of methoxy groups -OCH3 is 2. The highest BCUT2D eigenvalue weighted by Gasteiger charge is 2.65. The number of furan rings is 2. The Bertz CT molecular complexity index is 5480. The molecule has 31 heteroatoms. The van der Waals surface area contributed by atoms with E-state index in [1.807, 2.05) is 95.5 Å². The summed E-state index contributed by atoms with van der Waals surface area (Å²) < 4.78 is 71.6. The summed E-state index contributed by atoms with van der Waals surface area (Å²) in [4.78, 5) is 74.6. The van der Waals surface area contributed by atoms with Crippen molar-refractivity contribution in [3.63, 3.8) is 0 Å². The fraction of sp³-hybridized carbons (Fsp3) is 0.440. The van der Waals surface area contributed by atoms with Crippen LogP contribution in [0.2, 0.25) is 0 Å². The lowest BCUT2D eigenvalue weighted by molar-refractivity contribution is -0.158. The predicted octanol–water partition coefficient (Wildman–Crippen LogP) is 8.48. The Kier molecular flexibility index (Phi) is 20.0. The standard InChI is InChI=1S/C42H42N4O10S.C31H31N3O9S.C11H13NO2/c1-18-10-21-11-25-26(13-43)46-27-15-52-41(50)42(40-24(12-22(14-47)44-42)23-8-6-7-9-28(23)56-40)16-57-39(33(46)32(45(25)4)29(21)34(49)35(18)51-5)31-30(27)38-37(53-17-54-38)19(2)36(31)55-20(3)48;1-12-6-15-7-16-17(8-32)34-18-9-40-31(38)19(36)10-44-30(24(34)23(33(16)4)20(15)25(37)26(12)39-5)22-21(18)29-28(41-11-42-29)13(2)27(22)43-14(3)35;12-9(6-13)5-8-7-14-11-4-2-1-3-10(8)11/h6-10,22,25-27,32-33,39,44,47,49H,11-12,14-17H2,1-5H3;6,16-18,23-24,30,37H,7,9-11H2,1-5H3;1-4,7,9,13H,5-6,12H2/t22-,25-,26-,27-,32+,33+,39+,42+;16-,17-,18-,23+,24+,30+;9-/m000/s1. The number of benzene rings is 6. The number of hydrogen-bond acceptors (Lipinski definition) is 31. The molecule has 8 aromatic rings. The number of carbonyl (C=O) groups is 5. The Morgan fingerprint density at radius 1 is 0.661 bits per heavy atom. The van der Waals surface area contributed by atoms with E-state index >= 15 is 0 Å². The molecule has 115 heavy (non-hydrogen) atoms. The molecule has 20 rings (SSSR count). The molecule has 0 unspecified atom stereocenters. The SMILES string of the molecule is COc1c(C)cc2c(c1O)[C@@H]1[C@@H]3[C@@H]4SCC(=O)C(=O)OC[C@@H](c5c6c(c(C)c(OC(C)=O)c54)OCO6)N3[C@@H](C#N)[C@H](C2)N1C.COc1c(C)cc2c(c1O)[C@@H]1[C@@H]3[C@@H]4SC[C@]5(N[C@H](CO)Cc6c5oc5ccccc65)C(=O)OC[C@@H](c5c6c(c(C)c(OC(C)=O)c54)OCO6)N3[C@@H](C#N)[C@H](C2)N1C.N[C@H](CO)Cc1coc2ccccc12. The van der Waals surface area contributed by atoms with Gasteiger partial charge in [0.25, 0.3) is 0 Å². The number of rotatable bonds is 8. The molecule has 6 aromatic carbocycles. The zero-order valence-electron chi connectivity index (χ0n) is 64.7. The third kappa shape index (κ3) is 12.0. The Labute approximate surface area is 669 Å². The average Bonchev–Trinajstić information content (AvgIpc) is 0.892. The molecule has 15 atom stereocenters. The molecule has 0 saturated carbocycles. The Morgan fingerprint density at radius 3 is 1.68 bits per heavy atom. The Hall–Kier alpha value is -10.3. The van der Waals surface area contributed by atoms with E-state index in [0.29, 0.717) is 128 Å². The summed E-state index contributed by atoms with van der Waals surface area (Å²) in [6.45, 7) is 9.21. The molecular weight excluding hydrogens is 1520 g/mol. The van der Waals surface area contributed by atoms with Gasteiger partial charge in [-0.15, -0.1) is 23.5 Å². The molecule has 12 aliphatic rings. The number of cyclic esters (lactones) is 1. The molecule has 0 radical (unpaired) electrons. The van der Waals surface area contributed by atoms with Crippen molar-refractivity contribution in [2.24, 2.45) is 5.73 Å². The van der Waals surface area contributed by atoms with Crippen LogP contribution in [-0.2, 0) is 64.7 Å². The van der Waals surface area contributed by atoms with Gasteiger partial charge in [0.2, 0.25) is 19.4 Å². The third-order valence-electron chi connectivity index (χ3n) is 24.8. The molecule has 600 valence electrons. The monoisotopic (exact) mass is 1610 g/mol. The molecule has 14 heterocycles. The number of phenolic OH excluding ortho intramolecular Hbond substituents is 2. The summed E-state index contributed by atoms with van der Waals surface area (Å²) >= 11 is 2.66. The quantitative estimate of drug-likeness (QED) is 0.0471. The normalized spacial score (nSPS) is 27.4. The third-order valence-corrected chi connectivity index (χ3v) is 27.6. The van der Waals surface area contributed by atoms with Gasteiger partial charge in [-0.05, 0) is 107 Å². The van der Waals surface area contributed by atoms with Crippen LogP contribution in [0.3, 0.4) is 0 Å². The first-order valence-electron chi connectivity index (χ1n) is 38.1. The fourth-order valence-electron chi connectivity index (χ4n) is 20.2. The molecule has 4 saturated heterocycles. The highest BCUT2D eigenvalue weighted by molar-refractivity contribution is 8.00. The van der Waals surface area contributed by atoms with Crippen LogP contribution in [0, 0.1) is 50.4 Å². The molecule has 2 aromatic heterocycles. The van der Waals surface area contributed by atoms with E-state index in [2.05, 4.69) is 37.1 Å². The van der Waals surface area contributed by atoms with E-state index in [4.69, 9.17) is 67.0 Å². The number of aromatic hydroxyl groups is 2. The van der Waals surface area contributed by atoms with Crippen LogP contribution < -0.4 is 48.9 Å². The molecule has 4 fully saturated rings. The summed E-state index contributed by atoms with van der Waals surface area (Å²) in [7, 11) is 6.97. The number of phenols is 2. The highest BCUT2D eigenvalue weighted by atomic mass is 32.2. The van der Waals surface area contributed by atoms with Gasteiger partial charge >= 0.3 is 23.9 Å². The van der Waals surface area contributed by atoms with Gasteiger partial charge in [-0.3, -0.25) is 39.3 Å². The number of esters is 4. The number of aryl methyl sites for hydroxylation is 2. The molecule has 7 N–H and O–H groups in total. The zero-order chi connectivity index (χ0) is 80.8. The number of Topliss-reactive ketones (excluding diaryl/α,β-unsaturated/α-hetero) is 1. The van der Waals surface area contributed by atoms with E-state index in [1.54, 1.807) is 13.2 Å². The maximum atomic E-state index is 15.0. The number of hydrogen-bond donors (Lipinski definition) is 6. The van der Waals surface area contributed by atoms with Gasteiger partial charge in [0, 0.05) is 117 Å². The van der Waals surface area contributed by atoms with Crippen LogP contribution in [0.1, 0.15) is 132 Å². The van der Waals surface area contributed by atoms with Crippen LogP contribution in [0.25, 0.3) is 21.9 Å². The smallest absolute Gasteiger partial charge is 0.375 e. The van der Waals surface area contributed by atoms with Crippen LogP contribution in [0.15, 0.2) is 75.8 Å². The summed E-state index contributed by atoms with van der Waals surface area (Å²) in [5, 5.41) is 69.4. The highest BCUT2D eigenvalue weighted by Crippen LogP contribution is 2.67. The van der Waals surface area contributed by atoms with E-state index in [1.165, 1.54) is 51.6 Å². The number of nitrogens with two attached hydrogens (primary N) is 1. The van der Waals surface area contributed by atoms with Crippen LogP contribution >= 0.6 is 23.5 Å². The number of fused-ring (bicyclic) bond motifs is 21. The van der Waals surface area contributed by atoms with E-state index in [9.17, 15) is 49.8 Å². The number of carbonyl (C=O) groups excluding carboxylic acids is 5. The number of ether oxygens (including phenoxy) is 10. The number of nitriles is 2. The second kappa shape index (κ2) is 29.8. The Morgan fingerprint density at radius 2 is 1.17 bits per heavy atom. The van der Waals surface area contributed by atoms with Gasteiger partial charge in [0.15, 0.2) is 51.5 Å². The van der Waals surface area contributed by atoms with Gasteiger partial charge in [-0.1, -0.05) is 48.5 Å². The van der Waals surface area contributed by atoms with Gasteiger partial charge in [0.05, 0.1) is 86.3 Å². The van der Waals surface area contributed by atoms with Gasteiger partial charge in [-0.2, -0.15) is 10.5 Å². The average molecular weight is 1610 g/mol. The summed E-state index contributed by atoms with van der Waals surface area (Å²) in [5.74, 6) is 0.141. The van der Waals surface area contributed by atoms with Gasteiger partial charge < -0.3 is 82.4 Å². The number of thioether (sulfide) groups is 2. The summed E-state index contributed by atoms with van der Waals surface area (Å²) in [6, 6.07) is 18.4. The topological polar surface area (TPSA) is 383 Å². The fourth-order valence-corrected chi connectivity index (χ4v) is 23.1. The van der Waals surface area contributed by atoms with Crippen LogP contribution in [0.4, 0.5) is 0 Å². The number of nitrogens with zero attached hydrogens (tertiary/aromatic N) is 6. The van der Waals surface area contributed by atoms with Crippen molar-refractivity contribution >= 4 is 75.1 Å². The van der Waals surface area contributed by atoms with Gasteiger partial charge in [-0.25, -0.2) is 9.59 Å². The first kappa shape index (κ1) is 77.3. The molecule has 0 amide bonds. The van der Waals surface area contributed by atoms with Crippen molar-refractivity contribution in [1.82, 2.24) is 24.9 Å². The second-order valence-electron chi connectivity index (χ2n) is 31.0. The lowest BCUT2D eigenvalue weighted by atomic mass is 9.71. The van der Waals surface area contributed by atoms with Crippen molar-refractivity contribution < 1.29 is 101 Å². The number of likely N-dealkylation sites (N-methyl/N-ethyl adjacent to an activating group) is 2. The van der Waals surface area contributed by atoms with Gasteiger partial charge in [0.1, 0.15) is 53.7 Å². The molecule has 29 nitrogen and oxygen atoms in total. The summed E-state index contributed by atoms with van der Waals surface area (Å²) in [6.07, 6.45) is 3.76. The molecule has 12 aliphatic heterocycles. The van der Waals surface area contributed by atoms with Crippen molar-refractivity contribution in [2.45, 2.75) is 156 Å². The largest absolute Gasteiger partial charge is 0.504 e.